The topological polar surface area (TPSA) is 79.0 Å². The van der Waals surface area contributed by atoms with E-state index in [9.17, 15) is 9.90 Å². The molecule has 0 aliphatic rings. The Labute approximate surface area is 206 Å². The molecule has 0 amide bonds. The number of hydrogen-bond acceptors (Lipinski definition) is 4. The lowest BCUT2D eigenvalue weighted by molar-refractivity contribution is 0.262. The number of nitrogens with one attached hydrogen (secondary N) is 1. The second-order valence-corrected chi connectivity index (χ2v) is 8.70. The lowest BCUT2D eigenvalue weighted by Crippen LogP contribution is -2.31. The summed E-state index contributed by atoms with van der Waals surface area (Å²) in [5.41, 5.74) is 6.33. The maximum absolute atomic E-state index is 13.7. The fourth-order valence-electron chi connectivity index (χ4n) is 4.36. The number of nitrogens with zero attached hydrogens (tertiary/aromatic N) is 2. The van der Waals surface area contributed by atoms with Gasteiger partial charge in [-0.05, 0) is 40.7 Å². The highest BCUT2D eigenvalue weighted by Crippen LogP contribution is 2.24. The molecule has 35 heavy (non-hydrogen) atoms. The first-order valence-electron chi connectivity index (χ1n) is 12.1. The molecular formula is C30H31N3O2. The molecule has 1 aromatic heterocycles. The molecule has 0 spiro atoms. The fraction of sp³-hybridized carbons (Fsp3) is 0.233. The fourth-order valence-corrected chi connectivity index (χ4v) is 4.36. The van der Waals surface area contributed by atoms with Gasteiger partial charge in [0.15, 0.2) is 0 Å². The molecule has 0 radical (unpaired) electrons. The third-order valence-corrected chi connectivity index (χ3v) is 6.28. The predicted molar refractivity (Wildman–Crippen MR) is 141 cm³/mol. The molecule has 178 valence electrons. The molecule has 0 unspecified atom stereocenters. The monoisotopic (exact) mass is 465 g/mol. The van der Waals surface area contributed by atoms with Crippen molar-refractivity contribution in [3.8, 4) is 11.1 Å². The average molecular weight is 466 g/mol. The maximum Gasteiger partial charge on any atom is 0.257 e. The summed E-state index contributed by atoms with van der Waals surface area (Å²) in [6.07, 6.45) is 4.51. The summed E-state index contributed by atoms with van der Waals surface area (Å²) in [6, 6.07) is 25.8. The molecular weight excluding hydrogens is 434 g/mol. The van der Waals surface area contributed by atoms with Gasteiger partial charge < -0.3 is 10.5 Å². The van der Waals surface area contributed by atoms with Gasteiger partial charge in [-0.1, -0.05) is 92.2 Å². The molecule has 4 aromatic rings. The summed E-state index contributed by atoms with van der Waals surface area (Å²) < 4.78 is 1.61. The molecule has 0 saturated heterocycles. The van der Waals surface area contributed by atoms with Crippen LogP contribution in [0, 0.1) is 5.41 Å². The highest BCUT2D eigenvalue weighted by molar-refractivity contribution is 5.88. The van der Waals surface area contributed by atoms with Crippen molar-refractivity contribution in [1.29, 1.82) is 5.41 Å². The molecule has 3 aromatic carbocycles. The van der Waals surface area contributed by atoms with E-state index < -0.39 is 0 Å². The molecule has 5 nitrogen and oxygen atoms in total. The minimum Gasteiger partial charge on any atom is -0.388 e. The van der Waals surface area contributed by atoms with E-state index in [2.05, 4.69) is 6.92 Å². The average Bonchev–Trinajstić information content (AvgIpc) is 2.91. The van der Waals surface area contributed by atoms with Crippen LogP contribution >= 0.6 is 0 Å². The number of benzene rings is 3. The molecule has 0 atom stereocenters. The van der Waals surface area contributed by atoms with E-state index in [1.54, 1.807) is 4.57 Å². The Bertz CT molecular complexity index is 1340. The van der Waals surface area contributed by atoms with Crippen molar-refractivity contribution in [2.45, 2.75) is 45.8 Å². The SMILES string of the molecule is CCCCc1nc(CO)n(Cc2ccccc2)c(=O)c1Cc1ccc(-c2ccccc2C=N)cc1. The van der Waals surface area contributed by atoms with Crippen LogP contribution in [0.2, 0.25) is 0 Å². The van der Waals surface area contributed by atoms with Crippen LogP contribution in [-0.2, 0) is 26.0 Å². The minimum absolute atomic E-state index is 0.0859. The standard InChI is InChI=1S/C30H31N3O2/c1-2-3-13-28-27(30(35)33(29(21-34)32-28)20-23-9-5-4-6-10-23)18-22-14-16-24(17-15-22)26-12-8-7-11-25(26)19-31/h4-12,14-17,19,31,34H,2-3,13,18,20-21H2,1H3. The summed E-state index contributed by atoms with van der Waals surface area (Å²) in [5.74, 6) is 0.410. The smallest absolute Gasteiger partial charge is 0.257 e. The van der Waals surface area contributed by atoms with Crippen molar-refractivity contribution < 1.29 is 5.11 Å². The van der Waals surface area contributed by atoms with Gasteiger partial charge >= 0.3 is 0 Å². The highest BCUT2D eigenvalue weighted by atomic mass is 16.3. The maximum atomic E-state index is 13.7. The molecule has 0 saturated carbocycles. The van der Waals surface area contributed by atoms with Crippen molar-refractivity contribution >= 4 is 6.21 Å². The van der Waals surface area contributed by atoms with E-state index in [0.29, 0.717) is 30.8 Å². The number of aryl methyl sites for hydroxylation is 1. The van der Waals surface area contributed by atoms with Crippen LogP contribution in [0.5, 0.6) is 0 Å². The zero-order valence-electron chi connectivity index (χ0n) is 20.1. The molecule has 1 heterocycles. The van der Waals surface area contributed by atoms with Gasteiger partial charge in [0.25, 0.3) is 5.56 Å². The van der Waals surface area contributed by atoms with Crippen LogP contribution in [0.15, 0.2) is 83.7 Å². The minimum atomic E-state index is -0.275. The van der Waals surface area contributed by atoms with Crippen LogP contribution in [0.4, 0.5) is 0 Å². The van der Waals surface area contributed by atoms with Crippen molar-refractivity contribution in [2.24, 2.45) is 0 Å². The van der Waals surface area contributed by atoms with Crippen molar-refractivity contribution in [3.05, 3.63) is 123 Å². The number of unbranched alkanes of at least 4 members (excludes halogenated alkanes) is 1. The number of rotatable bonds is 10. The van der Waals surface area contributed by atoms with Gasteiger partial charge in [-0.3, -0.25) is 9.36 Å². The molecule has 0 bridgehead atoms. The second-order valence-electron chi connectivity index (χ2n) is 8.70. The van der Waals surface area contributed by atoms with Gasteiger partial charge in [0.1, 0.15) is 12.4 Å². The molecule has 0 fully saturated rings. The predicted octanol–water partition coefficient (Wildman–Crippen LogP) is 5.38. The van der Waals surface area contributed by atoms with E-state index >= 15 is 0 Å². The Morgan fingerprint density at radius 2 is 1.66 bits per heavy atom. The summed E-state index contributed by atoms with van der Waals surface area (Å²) in [5, 5.41) is 17.7. The summed E-state index contributed by atoms with van der Waals surface area (Å²) in [4.78, 5) is 18.5. The molecule has 4 rings (SSSR count). The molecule has 5 heteroatoms. The highest BCUT2D eigenvalue weighted by Gasteiger charge is 2.17. The Morgan fingerprint density at radius 1 is 0.943 bits per heavy atom. The third-order valence-electron chi connectivity index (χ3n) is 6.28. The van der Waals surface area contributed by atoms with Gasteiger partial charge in [-0.25, -0.2) is 4.98 Å². The number of aliphatic hydroxyl groups is 1. The van der Waals surface area contributed by atoms with E-state index in [4.69, 9.17) is 10.4 Å². The van der Waals surface area contributed by atoms with Gasteiger partial charge in [0.2, 0.25) is 0 Å². The van der Waals surface area contributed by atoms with Crippen LogP contribution < -0.4 is 5.56 Å². The van der Waals surface area contributed by atoms with E-state index in [1.807, 2.05) is 78.9 Å². The quantitative estimate of drug-likeness (QED) is 0.309. The summed E-state index contributed by atoms with van der Waals surface area (Å²) in [7, 11) is 0. The Morgan fingerprint density at radius 3 is 2.34 bits per heavy atom. The Hall–Kier alpha value is -3.83. The van der Waals surface area contributed by atoms with Gasteiger partial charge in [-0.2, -0.15) is 0 Å². The zero-order valence-corrected chi connectivity index (χ0v) is 20.1. The number of aromatic nitrogens is 2. The van der Waals surface area contributed by atoms with Gasteiger partial charge in [0.05, 0.1) is 12.2 Å². The van der Waals surface area contributed by atoms with E-state index in [0.717, 1.165) is 46.4 Å². The molecule has 0 aliphatic carbocycles. The zero-order chi connectivity index (χ0) is 24.6. The molecule has 2 N–H and O–H groups in total. The lowest BCUT2D eigenvalue weighted by Gasteiger charge is -2.17. The largest absolute Gasteiger partial charge is 0.388 e. The summed E-state index contributed by atoms with van der Waals surface area (Å²) in [6.45, 7) is 2.22. The summed E-state index contributed by atoms with van der Waals surface area (Å²) >= 11 is 0. The first kappa shape index (κ1) is 24.3. The number of hydrogen-bond donors (Lipinski definition) is 2. The van der Waals surface area contributed by atoms with E-state index in [-0.39, 0.29) is 12.2 Å². The Balaban J connectivity index is 1.71. The van der Waals surface area contributed by atoms with Gasteiger partial charge in [-0.15, -0.1) is 0 Å². The normalized spacial score (nSPS) is 10.9. The molecule has 0 aliphatic heterocycles. The van der Waals surface area contributed by atoms with Crippen LogP contribution in [-0.4, -0.2) is 20.9 Å². The third kappa shape index (κ3) is 5.64. The first-order chi connectivity index (χ1) is 17.1. The van der Waals surface area contributed by atoms with E-state index in [1.165, 1.54) is 6.21 Å². The van der Waals surface area contributed by atoms with Gasteiger partial charge in [0, 0.05) is 18.2 Å². The van der Waals surface area contributed by atoms with Crippen molar-refractivity contribution in [3.63, 3.8) is 0 Å². The van der Waals surface area contributed by atoms with Crippen molar-refractivity contribution in [2.75, 3.05) is 0 Å². The second kappa shape index (κ2) is 11.5. The van der Waals surface area contributed by atoms with Crippen LogP contribution in [0.3, 0.4) is 0 Å². The number of aliphatic hydroxyl groups excluding tert-OH is 1. The van der Waals surface area contributed by atoms with Crippen LogP contribution in [0.25, 0.3) is 11.1 Å². The Kier molecular flexibility index (Phi) is 8.01. The van der Waals surface area contributed by atoms with Crippen LogP contribution in [0.1, 0.15) is 53.5 Å². The lowest BCUT2D eigenvalue weighted by atomic mass is 9.96. The van der Waals surface area contributed by atoms with Crippen molar-refractivity contribution in [1.82, 2.24) is 9.55 Å². The first-order valence-corrected chi connectivity index (χ1v) is 12.1.